The van der Waals surface area contributed by atoms with Crippen molar-refractivity contribution < 1.29 is 13.2 Å². The number of ether oxygens (including phenoxy) is 1. The molecule has 0 aromatic carbocycles. The molecule has 1 spiro atoms. The van der Waals surface area contributed by atoms with E-state index in [2.05, 4.69) is 29.4 Å². The molecule has 2 atom stereocenters. The van der Waals surface area contributed by atoms with E-state index in [9.17, 15) is 8.42 Å². The first-order chi connectivity index (χ1) is 13.9. The van der Waals surface area contributed by atoms with E-state index in [-0.39, 0.29) is 5.75 Å². The maximum absolute atomic E-state index is 11.4. The predicted octanol–water partition coefficient (Wildman–Crippen LogP) is 1.79. The van der Waals surface area contributed by atoms with Gasteiger partial charge in [-0.3, -0.25) is 4.99 Å². The highest BCUT2D eigenvalue weighted by Crippen LogP contribution is 2.54. The molecule has 29 heavy (non-hydrogen) atoms. The number of hydrogen-bond donors (Lipinski definition) is 2. The highest BCUT2D eigenvalue weighted by atomic mass is 32.2. The minimum Gasteiger partial charge on any atom is -0.378 e. The third-order valence-corrected chi connectivity index (χ3v) is 7.95. The molecule has 0 amide bonds. The molecule has 2 aliphatic carbocycles. The SMILES string of the molecule is CCN=C(NC1CCN(CCS(C)(=O)=O)CC1)NC1CC(OCC)C12CCCC2. The first kappa shape index (κ1) is 22.8. The highest BCUT2D eigenvalue weighted by molar-refractivity contribution is 7.90. The van der Waals surface area contributed by atoms with Crippen molar-refractivity contribution in [2.75, 3.05) is 44.8 Å². The summed E-state index contributed by atoms with van der Waals surface area (Å²) >= 11 is 0. The van der Waals surface area contributed by atoms with E-state index in [0.717, 1.165) is 51.5 Å². The molecule has 2 saturated carbocycles. The summed E-state index contributed by atoms with van der Waals surface area (Å²) in [5, 5.41) is 7.40. The Morgan fingerprint density at radius 2 is 1.86 bits per heavy atom. The van der Waals surface area contributed by atoms with Crippen LogP contribution in [0.25, 0.3) is 0 Å². The number of nitrogens with zero attached hydrogens (tertiary/aromatic N) is 2. The average molecular weight is 429 g/mol. The van der Waals surface area contributed by atoms with Crippen LogP contribution in [-0.2, 0) is 14.6 Å². The van der Waals surface area contributed by atoms with Gasteiger partial charge in [0.25, 0.3) is 0 Å². The van der Waals surface area contributed by atoms with Crippen LogP contribution in [0.2, 0.25) is 0 Å². The molecule has 1 aliphatic heterocycles. The number of sulfone groups is 1. The van der Waals surface area contributed by atoms with Gasteiger partial charge in [0, 0.05) is 56.5 Å². The Kier molecular flexibility index (Phi) is 7.84. The van der Waals surface area contributed by atoms with Crippen molar-refractivity contribution in [2.24, 2.45) is 10.4 Å². The molecule has 168 valence electrons. The van der Waals surface area contributed by atoms with Gasteiger partial charge in [-0.2, -0.15) is 0 Å². The van der Waals surface area contributed by atoms with E-state index in [1.807, 2.05) is 0 Å². The second kappa shape index (κ2) is 9.96. The van der Waals surface area contributed by atoms with Crippen LogP contribution < -0.4 is 10.6 Å². The van der Waals surface area contributed by atoms with Gasteiger partial charge in [0.2, 0.25) is 0 Å². The topological polar surface area (TPSA) is 83.0 Å². The predicted molar refractivity (Wildman–Crippen MR) is 118 cm³/mol. The number of guanidine groups is 1. The van der Waals surface area contributed by atoms with Crippen LogP contribution in [0.5, 0.6) is 0 Å². The van der Waals surface area contributed by atoms with E-state index in [0.29, 0.717) is 30.1 Å². The summed E-state index contributed by atoms with van der Waals surface area (Å²) in [7, 11) is -2.89. The quantitative estimate of drug-likeness (QED) is 0.453. The molecule has 1 saturated heterocycles. The fraction of sp³-hybridized carbons (Fsp3) is 0.952. The molecule has 3 rings (SSSR count). The minimum absolute atomic E-state index is 0.250. The first-order valence-corrected chi connectivity index (χ1v) is 13.5. The standard InChI is InChI=1S/C21H40N4O3S/c1-4-22-20(23-17-8-12-25(13-9-17)14-15-29(3,26)27)24-18-16-19(28-5-2)21(18)10-6-7-11-21/h17-19H,4-16H2,1-3H3,(H2,22,23,24). The zero-order chi connectivity index (χ0) is 20.9. The van der Waals surface area contributed by atoms with Crippen molar-refractivity contribution in [1.29, 1.82) is 0 Å². The summed E-state index contributed by atoms with van der Waals surface area (Å²) in [6.07, 6.45) is 9.95. The summed E-state index contributed by atoms with van der Waals surface area (Å²) in [5.41, 5.74) is 0.293. The Bertz CT molecular complexity index is 653. The lowest BCUT2D eigenvalue weighted by Crippen LogP contribution is -2.65. The van der Waals surface area contributed by atoms with E-state index in [1.165, 1.54) is 31.9 Å². The van der Waals surface area contributed by atoms with Crippen LogP contribution in [0, 0.1) is 5.41 Å². The number of piperidine rings is 1. The second-order valence-electron chi connectivity index (χ2n) is 9.03. The van der Waals surface area contributed by atoms with Gasteiger partial charge in [-0.1, -0.05) is 12.8 Å². The molecule has 0 aromatic heterocycles. The minimum atomic E-state index is -2.89. The van der Waals surface area contributed by atoms with E-state index >= 15 is 0 Å². The normalized spacial score (nSPS) is 28.4. The summed E-state index contributed by atoms with van der Waals surface area (Å²) in [4.78, 5) is 6.97. The number of rotatable bonds is 8. The molecule has 3 aliphatic rings. The monoisotopic (exact) mass is 428 g/mol. The zero-order valence-corrected chi connectivity index (χ0v) is 19.3. The Labute approximate surface area is 177 Å². The molecule has 3 fully saturated rings. The number of aliphatic imine (C=N–C) groups is 1. The third-order valence-electron chi connectivity index (χ3n) is 7.02. The van der Waals surface area contributed by atoms with Crippen LogP contribution in [0.3, 0.4) is 0 Å². The molecule has 0 aromatic rings. The van der Waals surface area contributed by atoms with Crippen molar-refractivity contribution in [1.82, 2.24) is 15.5 Å². The highest BCUT2D eigenvalue weighted by Gasteiger charge is 2.57. The van der Waals surface area contributed by atoms with Crippen molar-refractivity contribution >= 4 is 15.8 Å². The molecule has 2 unspecified atom stereocenters. The molecule has 7 nitrogen and oxygen atoms in total. The summed E-state index contributed by atoms with van der Waals surface area (Å²) in [6, 6.07) is 0.846. The van der Waals surface area contributed by atoms with Crippen LogP contribution >= 0.6 is 0 Å². The summed E-state index contributed by atoms with van der Waals surface area (Å²) in [5.74, 6) is 1.19. The lowest BCUT2D eigenvalue weighted by atomic mass is 9.60. The molecule has 2 N–H and O–H groups in total. The Morgan fingerprint density at radius 3 is 2.45 bits per heavy atom. The van der Waals surface area contributed by atoms with Gasteiger partial charge in [-0.05, 0) is 46.0 Å². The molecular weight excluding hydrogens is 388 g/mol. The van der Waals surface area contributed by atoms with Crippen LogP contribution in [0.15, 0.2) is 4.99 Å². The lowest BCUT2D eigenvalue weighted by Gasteiger charge is -2.54. The zero-order valence-electron chi connectivity index (χ0n) is 18.5. The number of nitrogens with one attached hydrogen (secondary N) is 2. The number of hydrogen-bond acceptors (Lipinski definition) is 5. The Morgan fingerprint density at radius 1 is 1.17 bits per heavy atom. The number of likely N-dealkylation sites (tertiary alicyclic amines) is 1. The summed E-state index contributed by atoms with van der Waals surface area (Å²) in [6.45, 7) is 8.24. The van der Waals surface area contributed by atoms with Gasteiger partial charge in [-0.25, -0.2) is 8.42 Å². The molecule has 0 bridgehead atoms. The van der Waals surface area contributed by atoms with Crippen molar-refractivity contribution in [3.63, 3.8) is 0 Å². The van der Waals surface area contributed by atoms with E-state index < -0.39 is 9.84 Å². The van der Waals surface area contributed by atoms with Gasteiger partial charge in [0.05, 0.1) is 11.9 Å². The molecule has 1 heterocycles. The second-order valence-corrected chi connectivity index (χ2v) is 11.3. The first-order valence-electron chi connectivity index (χ1n) is 11.5. The van der Waals surface area contributed by atoms with Crippen molar-refractivity contribution in [3.05, 3.63) is 0 Å². The van der Waals surface area contributed by atoms with Crippen LogP contribution in [-0.4, -0.2) is 82.3 Å². The molecule has 0 radical (unpaired) electrons. The lowest BCUT2D eigenvalue weighted by molar-refractivity contribution is -0.125. The molecule has 8 heteroatoms. The van der Waals surface area contributed by atoms with Crippen LogP contribution in [0.1, 0.15) is 58.8 Å². The Hall–Kier alpha value is -0.860. The third kappa shape index (κ3) is 5.85. The fourth-order valence-corrected chi connectivity index (χ4v) is 5.92. The van der Waals surface area contributed by atoms with E-state index in [4.69, 9.17) is 9.73 Å². The van der Waals surface area contributed by atoms with Gasteiger partial charge in [-0.15, -0.1) is 0 Å². The maximum atomic E-state index is 11.4. The van der Waals surface area contributed by atoms with Gasteiger partial charge in [0.1, 0.15) is 9.84 Å². The van der Waals surface area contributed by atoms with Gasteiger partial charge >= 0.3 is 0 Å². The van der Waals surface area contributed by atoms with Gasteiger partial charge < -0.3 is 20.3 Å². The van der Waals surface area contributed by atoms with Crippen molar-refractivity contribution in [2.45, 2.75) is 77.0 Å². The fourth-order valence-electron chi connectivity index (χ4n) is 5.33. The average Bonchev–Trinajstić information content (AvgIpc) is 3.19. The molecular formula is C21H40N4O3S. The summed E-state index contributed by atoms with van der Waals surface area (Å²) < 4.78 is 28.8. The van der Waals surface area contributed by atoms with E-state index in [1.54, 1.807) is 0 Å². The largest absolute Gasteiger partial charge is 0.378 e. The van der Waals surface area contributed by atoms with Crippen LogP contribution in [0.4, 0.5) is 0 Å². The Balaban J connectivity index is 1.49. The van der Waals surface area contributed by atoms with Gasteiger partial charge in [0.15, 0.2) is 5.96 Å². The van der Waals surface area contributed by atoms with Crippen molar-refractivity contribution in [3.8, 4) is 0 Å². The smallest absolute Gasteiger partial charge is 0.191 e. The maximum Gasteiger partial charge on any atom is 0.191 e.